The highest BCUT2D eigenvalue weighted by Gasteiger charge is 2.33. The first kappa shape index (κ1) is 19.6. The Kier molecular flexibility index (Phi) is 5.64. The van der Waals surface area contributed by atoms with Crippen molar-refractivity contribution < 1.29 is 18.7 Å². The molecule has 0 bridgehead atoms. The van der Waals surface area contributed by atoms with E-state index >= 15 is 0 Å². The summed E-state index contributed by atoms with van der Waals surface area (Å²) in [4.78, 5) is 21.6. The highest BCUT2D eigenvalue weighted by Crippen LogP contribution is 2.33. The fraction of sp³-hybridized carbons (Fsp3) is 0.333. The number of halogens is 1. The summed E-state index contributed by atoms with van der Waals surface area (Å²) in [6.45, 7) is 1.45. The smallest absolute Gasteiger partial charge is 0.273 e. The van der Waals surface area contributed by atoms with E-state index in [9.17, 15) is 9.18 Å². The molecule has 0 saturated heterocycles. The quantitative estimate of drug-likeness (QED) is 0.616. The lowest BCUT2D eigenvalue weighted by Crippen LogP contribution is -2.47. The van der Waals surface area contributed by atoms with Gasteiger partial charge < -0.3 is 14.4 Å². The van der Waals surface area contributed by atoms with Gasteiger partial charge in [-0.3, -0.25) is 9.69 Å². The number of aromatic nitrogens is 1. The van der Waals surface area contributed by atoms with Crippen LogP contribution in [0.15, 0.2) is 42.5 Å². The second kappa shape index (κ2) is 8.34. The van der Waals surface area contributed by atoms with Crippen LogP contribution < -0.4 is 14.4 Å². The lowest BCUT2D eigenvalue weighted by Gasteiger charge is -2.29. The van der Waals surface area contributed by atoms with Crippen LogP contribution in [0.3, 0.4) is 0 Å². The van der Waals surface area contributed by atoms with E-state index < -0.39 is 6.10 Å². The minimum absolute atomic E-state index is 0.138. The van der Waals surface area contributed by atoms with E-state index in [0.29, 0.717) is 33.4 Å². The molecule has 29 heavy (non-hydrogen) atoms. The Morgan fingerprint density at radius 2 is 2.00 bits per heavy atom. The maximum Gasteiger partial charge on any atom is 0.273 e. The molecule has 2 heterocycles. The molecule has 1 amide bonds. The molecule has 8 heteroatoms. The van der Waals surface area contributed by atoms with E-state index in [4.69, 9.17) is 9.47 Å². The monoisotopic (exact) mass is 415 g/mol. The molecular formula is C21H22FN3O3S. The topological polar surface area (TPSA) is 54.9 Å². The summed E-state index contributed by atoms with van der Waals surface area (Å²) in [6.07, 6.45) is 0.0145. The van der Waals surface area contributed by atoms with Crippen LogP contribution in [0.2, 0.25) is 0 Å². The van der Waals surface area contributed by atoms with Crippen molar-refractivity contribution in [2.45, 2.75) is 12.5 Å². The van der Waals surface area contributed by atoms with Crippen LogP contribution in [0.5, 0.6) is 11.5 Å². The van der Waals surface area contributed by atoms with Crippen LogP contribution in [-0.2, 0) is 4.79 Å². The van der Waals surface area contributed by atoms with Gasteiger partial charge in [0.05, 0.1) is 10.2 Å². The number of amides is 1. The Bertz CT molecular complexity index is 1020. The first-order valence-electron chi connectivity index (χ1n) is 9.42. The molecular weight excluding hydrogens is 393 g/mol. The van der Waals surface area contributed by atoms with Crippen molar-refractivity contribution in [3.8, 4) is 11.5 Å². The number of ether oxygens (including phenoxy) is 2. The van der Waals surface area contributed by atoms with Crippen molar-refractivity contribution in [3.05, 3.63) is 48.3 Å². The first-order valence-corrected chi connectivity index (χ1v) is 10.2. The number of hydrogen-bond donors (Lipinski definition) is 0. The number of fused-ring (bicyclic) bond motifs is 2. The molecule has 152 valence electrons. The van der Waals surface area contributed by atoms with E-state index in [1.54, 1.807) is 17.0 Å². The average molecular weight is 415 g/mol. The summed E-state index contributed by atoms with van der Waals surface area (Å²) in [6, 6.07) is 11.7. The predicted molar refractivity (Wildman–Crippen MR) is 111 cm³/mol. The van der Waals surface area contributed by atoms with E-state index in [1.165, 1.54) is 23.5 Å². The molecule has 1 aromatic heterocycles. The highest BCUT2D eigenvalue weighted by atomic mass is 32.1. The van der Waals surface area contributed by atoms with Crippen molar-refractivity contribution in [1.82, 2.24) is 9.88 Å². The Balaban J connectivity index is 1.60. The van der Waals surface area contributed by atoms with Crippen LogP contribution in [0.1, 0.15) is 6.42 Å². The Morgan fingerprint density at radius 1 is 1.21 bits per heavy atom. The van der Waals surface area contributed by atoms with Crippen LogP contribution >= 0.6 is 11.3 Å². The van der Waals surface area contributed by atoms with Gasteiger partial charge in [-0.2, -0.15) is 0 Å². The number of rotatable bonds is 6. The van der Waals surface area contributed by atoms with Gasteiger partial charge >= 0.3 is 0 Å². The molecule has 0 N–H and O–H groups in total. The van der Waals surface area contributed by atoms with Crippen molar-refractivity contribution in [2.75, 3.05) is 38.7 Å². The normalized spacial score (nSPS) is 15.7. The van der Waals surface area contributed by atoms with E-state index in [-0.39, 0.29) is 18.3 Å². The largest absolute Gasteiger partial charge is 0.485 e. The standard InChI is InChI=1S/C21H22FN3O3S/c1-24(2)10-5-11-25(21-23-15-9-8-14(22)12-19(15)29-21)20(26)18-13-27-16-6-3-4-7-17(16)28-18/h3-4,6-9,12,18H,5,10-11,13H2,1-2H3/t18-/m0/s1. The molecule has 6 nitrogen and oxygen atoms in total. The van der Waals surface area contributed by atoms with Crippen LogP contribution in [0.4, 0.5) is 9.52 Å². The fourth-order valence-corrected chi connectivity index (χ4v) is 4.18. The number of thiazole rings is 1. The van der Waals surface area contributed by atoms with E-state index in [0.717, 1.165) is 13.0 Å². The minimum Gasteiger partial charge on any atom is -0.485 e. The molecule has 0 unspecified atom stereocenters. The first-order chi connectivity index (χ1) is 14.0. The van der Waals surface area contributed by atoms with Gasteiger partial charge in [0.25, 0.3) is 5.91 Å². The zero-order valence-electron chi connectivity index (χ0n) is 16.3. The summed E-state index contributed by atoms with van der Waals surface area (Å²) in [5.41, 5.74) is 0.669. The second-order valence-electron chi connectivity index (χ2n) is 7.12. The number of carbonyl (C=O) groups is 1. The Morgan fingerprint density at radius 3 is 2.79 bits per heavy atom. The highest BCUT2D eigenvalue weighted by molar-refractivity contribution is 7.22. The zero-order chi connectivity index (χ0) is 20.4. The molecule has 0 spiro atoms. The van der Waals surface area contributed by atoms with Crippen LogP contribution in [0.25, 0.3) is 10.2 Å². The average Bonchev–Trinajstić information content (AvgIpc) is 3.13. The van der Waals surface area contributed by atoms with Crippen molar-refractivity contribution in [2.24, 2.45) is 0 Å². The summed E-state index contributed by atoms with van der Waals surface area (Å²) >= 11 is 1.30. The predicted octanol–water partition coefficient (Wildman–Crippen LogP) is 3.56. The third-order valence-corrected chi connectivity index (χ3v) is 5.65. The number of para-hydroxylation sites is 2. The van der Waals surface area contributed by atoms with Crippen molar-refractivity contribution in [1.29, 1.82) is 0 Å². The Hall–Kier alpha value is -2.71. The molecule has 1 aliphatic rings. The number of anilines is 1. The molecule has 0 radical (unpaired) electrons. The van der Waals surface area contributed by atoms with Crippen molar-refractivity contribution in [3.63, 3.8) is 0 Å². The van der Waals surface area contributed by atoms with E-state index in [1.807, 2.05) is 32.3 Å². The van der Waals surface area contributed by atoms with Gasteiger partial charge in [0.15, 0.2) is 16.6 Å². The van der Waals surface area contributed by atoms with Crippen LogP contribution in [0, 0.1) is 5.82 Å². The summed E-state index contributed by atoms with van der Waals surface area (Å²) in [5.74, 6) is 0.652. The summed E-state index contributed by atoms with van der Waals surface area (Å²) in [7, 11) is 3.98. The molecule has 3 aromatic rings. The molecule has 2 aromatic carbocycles. The summed E-state index contributed by atoms with van der Waals surface area (Å²) in [5, 5.41) is 0.539. The molecule has 4 rings (SSSR count). The SMILES string of the molecule is CN(C)CCCN(C(=O)[C@@H]1COc2ccccc2O1)c1nc2ccc(F)cc2s1. The van der Waals surface area contributed by atoms with Gasteiger partial charge in [0, 0.05) is 6.54 Å². The van der Waals surface area contributed by atoms with Gasteiger partial charge in [0.2, 0.25) is 6.10 Å². The molecule has 0 aliphatic carbocycles. The third kappa shape index (κ3) is 4.33. The van der Waals surface area contributed by atoms with Gasteiger partial charge in [-0.05, 0) is 57.4 Å². The van der Waals surface area contributed by atoms with Gasteiger partial charge in [0.1, 0.15) is 12.4 Å². The zero-order valence-corrected chi connectivity index (χ0v) is 17.1. The van der Waals surface area contributed by atoms with Gasteiger partial charge in [-0.15, -0.1) is 0 Å². The van der Waals surface area contributed by atoms with Crippen LogP contribution in [-0.4, -0.2) is 55.7 Å². The maximum absolute atomic E-state index is 13.6. The number of carbonyl (C=O) groups excluding carboxylic acids is 1. The second-order valence-corrected chi connectivity index (χ2v) is 8.13. The van der Waals surface area contributed by atoms with Gasteiger partial charge in [-0.25, -0.2) is 9.37 Å². The number of benzene rings is 2. The van der Waals surface area contributed by atoms with Crippen molar-refractivity contribution >= 4 is 32.6 Å². The minimum atomic E-state index is -0.756. The number of nitrogens with zero attached hydrogens (tertiary/aromatic N) is 3. The fourth-order valence-electron chi connectivity index (χ4n) is 3.16. The lowest BCUT2D eigenvalue weighted by atomic mass is 10.2. The number of hydrogen-bond acceptors (Lipinski definition) is 6. The molecule has 1 aliphatic heterocycles. The summed E-state index contributed by atoms with van der Waals surface area (Å²) < 4.78 is 25.9. The third-order valence-electron chi connectivity index (χ3n) is 4.61. The lowest BCUT2D eigenvalue weighted by molar-refractivity contribution is -0.127. The Labute approximate surface area is 172 Å². The molecule has 1 atom stereocenters. The molecule has 0 saturated carbocycles. The molecule has 0 fully saturated rings. The van der Waals surface area contributed by atoms with E-state index in [2.05, 4.69) is 9.88 Å². The van der Waals surface area contributed by atoms with Gasteiger partial charge in [-0.1, -0.05) is 23.5 Å². The maximum atomic E-state index is 13.6.